The highest BCUT2D eigenvalue weighted by atomic mass is 35.5. The fraction of sp³-hybridized carbons (Fsp3) is 0.562. The summed E-state index contributed by atoms with van der Waals surface area (Å²) in [5.74, 6) is 1.18. The molecule has 19 heavy (non-hydrogen) atoms. The Morgan fingerprint density at radius 1 is 1.16 bits per heavy atom. The normalized spacial score (nSPS) is 23.2. The van der Waals surface area contributed by atoms with Crippen LogP contribution in [0.4, 0.5) is 0 Å². The number of hydrogen-bond donors (Lipinski definition) is 0. The fourth-order valence-corrected chi connectivity index (χ4v) is 2.90. The highest BCUT2D eigenvalue weighted by Gasteiger charge is 2.25. The van der Waals surface area contributed by atoms with Crippen LogP contribution < -0.4 is 0 Å². The van der Waals surface area contributed by atoms with Gasteiger partial charge in [0, 0.05) is 12.5 Å². The van der Waals surface area contributed by atoms with Gasteiger partial charge in [-0.1, -0.05) is 30.3 Å². The maximum Gasteiger partial charge on any atom is 0.150 e. The third-order valence-electron chi connectivity index (χ3n) is 3.90. The van der Waals surface area contributed by atoms with Crippen LogP contribution in [-0.4, -0.2) is 18.3 Å². The lowest BCUT2D eigenvalue weighted by Crippen LogP contribution is -2.24. The molecule has 2 nitrogen and oxygen atoms in total. The van der Waals surface area contributed by atoms with Crippen molar-refractivity contribution < 1.29 is 9.53 Å². The standard InChI is InChI=1S/C16H21ClO2/c17-10-16(18)15-8-6-14(7-9-15)12-19-11-13-4-2-1-3-5-13/h1-5,14-15H,6-12H2/t14-,15-. The van der Waals surface area contributed by atoms with Crippen LogP contribution in [0.25, 0.3) is 0 Å². The van der Waals surface area contributed by atoms with Crippen molar-refractivity contribution in [2.75, 3.05) is 12.5 Å². The van der Waals surface area contributed by atoms with Gasteiger partial charge in [0.05, 0.1) is 12.5 Å². The number of ketones is 1. The van der Waals surface area contributed by atoms with Gasteiger partial charge in [0.2, 0.25) is 0 Å². The highest BCUT2D eigenvalue weighted by Crippen LogP contribution is 2.29. The molecule has 1 aromatic rings. The summed E-state index contributed by atoms with van der Waals surface area (Å²) >= 11 is 5.60. The van der Waals surface area contributed by atoms with E-state index in [4.69, 9.17) is 16.3 Å². The number of hydrogen-bond acceptors (Lipinski definition) is 2. The van der Waals surface area contributed by atoms with Gasteiger partial charge in [-0.05, 0) is 37.2 Å². The molecule has 1 aliphatic rings. The first-order valence-corrected chi connectivity index (χ1v) is 7.53. The largest absolute Gasteiger partial charge is 0.376 e. The summed E-state index contributed by atoms with van der Waals surface area (Å²) in [5, 5.41) is 0. The second-order valence-corrected chi connectivity index (χ2v) is 5.59. The van der Waals surface area contributed by atoms with Crippen molar-refractivity contribution in [3.63, 3.8) is 0 Å². The number of halogens is 1. The van der Waals surface area contributed by atoms with E-state index in [0.29, 0.717) is 12.5 Å². The van der Waals surface area contributed by atoms with Crippen molar-refractivity contribution in [1.29, 1.82) is 0 Å². The molecule has 1 aliphatic carbocycles. The first-order chi connectivity index (χ1) is 9.29. The van der Waals surface area contributed by atoms with Crippen molar-refractivity contribution in [2.24, 2.45) is 11.8 Å². The quantitative estimate of drug-likeness (QED) is 0.741. The summed E-state index contributed by atoms with van der Waals surface area (Å²) in [6.07, 6.45) is 4.13. The summed E-state index contributed by atoms with van der Waals surface area (Å²) in [4.78, 5) is 11.5. The van der Waals surface area contributed by atoms with Crippen LogP contribution in [0.15, 0.2) is 30.3 Å². The minimum absolute atomic E-state index is 0.167. The summed E-state index contributed by atoms with van der Waals surface area (Å²) in [7, 11) is 0. The monoisotopic (exact) mass is 280 g/mol. The third-order valence-corrected chi connectivity index (χ3v) is 4.16. The fourth-order valence-electron chi connectivity index (χ4n) is 2.68. The van der Waals surface area contributed by atoms with Crippen LogP contribution in [-0.2, 0) is 16.1 Å². The summed E-state index contributed by atoms with van der Waals surface area (Å²) in [6, 6.07) is 10.2. The van der Waals surface area contributed by atoms with Crippen molar-refractivity contribution >= 4 is 17.4 Å². The van der Waals surface area contributed by atoms with E-state index in [1.807, 2.05) is 18.2 Å². The Hall–Kier alpha value is -0.860. The highest BCUT2D eigenvalue weighted by molar-refractivity contribution is 6.27. The van der Waals surface area contributed by atoms with E-state index in [1.54, 1.807) is 0 Å². The minimum Gasteiger partial charge on any atom is -0.376 e. The van der Waals surface area contributed by atoms with Gasteiger partial charge in [-0.2, -0.15) is 0 Å². The van der Waals surface area contributed by atoms with Crippen molar-refractivity contribution in [1.82, 2.24) is 0 Å². The molecule has 1 fully saturated rings. The van der Waals surface area contributed by atoms with Gasteiger partial charge in [0.25, 0.3) is 0 Å². The van der Waals surface area contributed by atoms with Crippen LogP contribution in [0, 0.1) is 11.8 Å². The Kier molecular flexibility index (Phi) is 5.87. The molecule has 0 N–H and O–H groups in total. The van der Waals surface area contributed by atoms with Crippen LogP contribution in [0.3, 0.4) is 0 Å². The topological polar surface area (TPSA) is 26.3 Å². The Morgan fingerprint density at radius 2 is 1.84 bits per heavy atom. The molecule has 0 radical (unpaired) electrons. The predicted molar refractivity (Wildman–Crippen MR) is 77.3 cm³/mol. The third kappa shape index (κ3) is 4.63. The molecule has 0 atom stereocenters. The van der Waals surface area contributed by atoms with Crippen LogP contribution in [0.5, 0.6) is 0 Å². The molecule has 0 unspecified atom stereocenters. The first-order valence-electron chi connectivity index (χ1n) is 7.00. The zero-order chi connectivity index (χ0) is 13.5. The summed E-state index contributed by atoms with van der Waals surface area (Å²) in [6.45, 7) is 1.48. The number of benzene rings is 1. The zero-order valence-corrected chi connectivity index (χ0v) is 11.9. The molecule has 0 spiro atoms. The number of ether oxygens (including phenoxy) is 1. The van der Waals surface area contributed by atoms with Crippen molar-refractivity contribution in [3.05, 3.63) is 35.9 Å². The Morgan fingerprint density at radius 3 is 2.47 bits per heavy atom. The SMILES string of the molecule is O=C(CCl)[C@H]1CC[C@H](COCc2ccccc2)CC1. The lowest BCUT2D eigenvalue weighted by atomic mass is 9.81. The number of carbonyl (C=O) groups excluding carboxylic acids is 1. The maximum atomic E-state index is 11.5. The van der Waals surface area contributed by atoms with E-state index < -0.39 is 0 Å². The average molecular weight is 281 g/mol. The Labute approximate surface area is 120 Å². The van der Waals surface area contributed by atoms with Crippen LogP contribution in [0.2, 0.25) is 0 Å². The Balaban J connectivity index is 1.65. The summed E-state index contributed by atoms with van der Waals surface area (Å²) in [5.41, 5.74) is 1.22. The van der Waals surface area contributed by atoms with E-state index in [1.165, 1.54) is 5.56 Å². The number of rotatable bonds is 6. The predicted octanol–water partition coefficient (Wildman–Crippen LogP) is 3.82. The number of Topliss-reactive ketones (excluding diaryl/α,β-unsaturated/α-hetero) is 1. The lowest BCUT2D eigenvalue weighted by molar-refractivity contribution is -0.121. The molecule has 0 aliphatic heterocycles. The smallest absolute Gasteiger partial charge is 0.150 e. The van der Waals surface area contributed by atoms with Crippen LogP contribution in [0.1, 0.15) is 31.2 Å². The number of alkyl halides is 1. The molecule has 0 aromatic heterocycles. The van der Waals surface area contributed by atoms with E-state index in [0.717, 1.165) is 32.3 Å². The molecule has 0 saturated heterocycles. The molecular formula is C16H21ClO2. The average Bonchev–Trinajstić information content (AvgIpc) is 2.48. The summed E-state index contributed by atoms with van der Waals surface area (Å²) < 4.78 is 5.77. The molecule has 104 valence electrons. The molecule has 0 amide bonds. The molecule has 1 saturated carbocycles. The molecule has 0 heterocycles. The van der Waals surface area contributed by atoms with Gasteiger partial charge in [0.1, 0.15) is 0 Å². The molecule has 0 bridgehead atoms. The molecule has 1 aromatic carbocycles. The van der Waals surface area contributed by atoms with Crippen molar-refractivity contribution in [2.45, 2.75) is 32.3 Å². The van der Waals surface area contributed by atoms with E-state index in [2.05, 4.69) is 12.1 Å². The van der Waals surface area contributed by atoms with E-state index in [9.17, 15) is 4.79 Å². The van der Waals surface area contributed by atoms with Gasteiger partial charge in [0.15, 0.2) is 5.78 Å². The van der Waals surface area contributed by atoms with E-state index >= 15 is 0 Å². The van der Waals surface area contributed by atoms with Crippen LogP contribution >= 0.6 is 11.6 Å². The first kappa shape index (κ1) is 14.5. The van der Waals surface area contributed by atoms with Crippen molar-refractivity contribution in [3.8, 4) is 0 Å². The molecule has 3 heteroatoms. The minimum atomic E-state index is 0.167. The van der Waals surface area contributed by atoms with Gasteiger partial charge >= 0.3 is 0 Å². The van der Waals surface area contributed by atoms with Gasteiger partial charge in [-0.3, -0.25) is 4.79 Å². The second-order valence-electron chi connectivity index (χ2n) is 5.32. The molecular weight excluding hydrogens is 260 g/mol. The maximum absolute atomic E-state index is 11.5. The van der Waals surface area contributed by atoms with Gasteiger partial charge < -0.3 is 4.74 Å². The van der Waals surface area contributed by atoms with Gasteiger partial charge in [-0.25, -0.2) is 0 Å². The zero-order valence-electron chi connectivity index (χ0n) is 11.2. The lowest BCUT2D eigenvalue weighted by Gasteiger charge is -2.27. The van der Waals surface area contributed by atoms with E-state index in [-0.39, 0.29) is 17.6 Å². The molecule has 2 rings (SSSR count). The second kappa shape index (κ2) is 7.66. The van der Waals surface area contributed by atoms with Gasteiger partial charge in [-0.15, -0.1) is 11.6 Å². The number of carbonyl (C=O) groups is 1. The Bertz CT molecular complexity index is 383.